The zero-order valence-electron chi connectivity index (χ0n) is 7.09. The number of hydrogen-bond donors (Lipinski definition) is 0. The number of rotatable bonds is 2. The molecule has 0 spiro atoms. The zero-order chi connectivity index (χ0) is 10.7. The maximum absolute atomic E-state index is 12.9. The molecule has 1 aromatic heterocycles. The van der Waals surface area contributed by atoms with Gasteiger partial charge in [-0.1, -0.05) is 0 Å². The predicted octanol–water partition coefficient (Wildman–Crippen LogP) is 2.04. The van der Waals surface area contributed by atoms with Crippen molar-refractivity contribution in [3.63, 3.8) is 0 Å². The maximum atomic E-state index is 12.9. The molecule has 0 aliphatic carbocycles. The fourth-order valence-electron chi connectivity index (χ4n) is 0.926. The van der Waals surface area contributed by atoms with Crippen LogP contribution >= 0.6 is 0 Å². The molecular formula is C8H5F3N2O. The average molecular weight is 202 g/mol. The summed E-state index contributed by atoms with van der Waals surface area (Å²) in [6.45, 7) is 0. The number of ether oxygens (including phenoxy) is 1. The molecule has 0 radical (unpaired) electrons. The lowest BCUT2D eigenvalue weighted by atomic mass is 10.2. The number of hydrogen-bond acceptors (Lipinski definition) is 3. The minimum absolute atomic E-state index is 0.302. The summed E-state index contributed by atoms with van der Waals surface area (Å²) < 4.78 is 42.0. The van der Waals surface area contributed by atoms with E-state index in [0.29, 0.717) is 0 Å². The van der Waals surface area contributed by atoms with E-state index in [-0.39, 0.29) is 11.4 Å². The van der Waals surface area contributed by atoms with Crippen LogP contribution in [0, 0.1) is 17.3 Å². The van der Waals surface area contributed by atoms with E-state index in [4.69, 9.17) is 5.26 Å². The van der Waals surface area contributed by atoms with Gasteiger partial charge in [0.2, 0.25) is 5.95 Å². The van der Waals surface area contributed by atoms with Gasteiger partial charge in [-0.3, -0.25) is 0 Å². The summed E-state index contributed by atoms with van der Waals surface area (Å²) in [5.41, 5.74) is -1.23. The normalized spacial score (nSPS) is 10.0. The third-order valence-corrected chi connectivity index (χ3v) is 1.53. The number of nitriles is 1. The topological polar surface area (TPSA) is 45.9 Å². The second kappa shape index (κ2) is 3.96. The van der Waals surface area contributed by atoms with Crippen LogP contribution in [0.5, 0.6) is 5.75 Å². The molecule has 0 atom stereocenters. The molecule has 0 saturated heterocycles. The highest BCUT2D eigenvalue weighted by Crippen LogP contribution is 2.30. The van der Waals surface area contributed by atoms with Gasteiger partial charge in [0, 0.05) is 6.07 Å². The lowest BCUT2D eigenvalue weighted by molar-refractivity contribution is 0.140. The summed E-state index contributed by atoms with van der Waals surface area (Å²) >= 11 is 0. The van der Waals surface area contributed by atoms with Crippen LogP contribution in [0.15, 0.2) is 6.07 Å². The predicted molar refractivity (Wildman–Crippen MR) is 40.4 cm³/mol. The van der Waals surface area contributed by atoms with E-state index in [0.717, 1.165) is 13.2 Å². The summed E-state index contributed by atoms with van der Waals surface area (Å²) in [6.07, 6.45) is -3.02. The van der Waals surface area contributed by atoms with Gasteiger partial charge in [0.25, 0.3) is 6.43 Å². The molecule has 0 N–H and O–H groups in total. The van der Waals surface area contributed by atoms with Gasteiger partial charge in [0.15, 0.2) is 0 Å². The number of pyridine rings is 1. The molecule has 3 nitrogen and oxygen atoms in total. The Morgan fingerprint density at radius 3 is 2.64 bits per heavy atom. The van der Waals surface area contributed by atoms with Crippen molar-refractivity contribution in [1.82, 2.24) is 4.98 Å². The van der Waals surface area contributed by atoms with Crippen molar-refractivity contribution >= 4 is 0 Å². The smallest absolute Gasteiger partial charge is 0.271 e. The molecule has 14 heavy (non-hydrogen) atoms. The molecule has 6 heteroatoms. The van der Waals surface area contributed by atoms with Crippen LogP contribution in [0.4, 0.5) is 13.2 Å². The van der Waals surface area contributed by atoms with E-state index >= 15 is 0 Å². The molecule has 0 bridgehead atoms. The van der Waals surface area contributed by atoms with Crippen LogP contribution in [0.1, 0.15) is 17.7 Å². The van der Waals surface area contributed by atoms with Crippen LogP contribution in [0.3, 0.4) is 0 Å². The lowest BCUT2D eigenvalue weighted by Gasteiger charge is -2.07. The molecule has 0 aliphatic heterocycles. The van der Waals surface area contributed by atoms with Crippen molar-refractivity contribution in [2.45, 2.75) is 6.43 Å². The molecule has 1 rings (SSSR count). The molecular weight excluding hydrogens is 197 g/mol. The molecule has 0 saturated carbocycles. The van der Waals surface area contributed by atoms with E-state index < -0.39 is 17.9 Å². The van der Waals surface area contributed by atoms with Crippen LogP contribution in [0.25, 0.3) is 0 Å². The third-order valence-electron chi connectivity index (χ3n) is 1.53. The Hall–Kier alpha value is -1.77. The molecule has 0 aliphatic rings. The molecule has 74 valence electrons. The van der Waals surface area contributed by atoms with Gasteiger partial charge in [-0.05, 0) is 0 Å². The fourth-order valence-corrected chi connectivity index (χ4v) is 0.926. The molecule has 1 heterocycles. The van der Waals surface area contributed by atoms with Crippen molar-refractivity contribution in [2.24, 2.45) is 0 Å². The molecule has 0 fully saturated rings. The third kappa shape index (κ3) is 1.76. The largest absolute Gasteiger partial charge is 0.496 e. The minimum atomic E-state index is -3.02. The monoisotopic (exact) mass is 202 g/mol. The summed E-state index contributed by atoms with van der Waals surface area (Å²) in [6, 6.07) is 2.50. The number of alkyl halides is 2. The van der Waals surface area contributed by atoms with E-state index in [9.17, 15) is 13.2 Å². The summed E-state index contributed by atoms with van der Waals surface area (Å²) in [5, 5.41) is 8.39. The molecule has 0 amide bonds. The Labute approximate surface area is 77.7 Å². The number of halogens is 3. The van der Waals surface area contributed by atoms with Gasteiger partial charge < -0.3 is 4.74 Å². The maximum Gasteiger partial charge on any atom is 0.271 e. The fraction of sp³-hybridized carbons (Fsp3) is 0.250. The highest BCUT2D eigenvalue weighted by atomic mass is 19.3. The van der Waals surface area contributed by atoms with Gasteiger partial charge in [0.05, 0.1) is 7.11 Å². The Bertz CT molecular complexity index is 387. The first-order chi connectivity index (χ1) is 6.60. The van der Waals surface area contributed by atoms with E-state index in [1.54, 1.807) is 0 Å². The zero-order valence-corrected chi connectivity index (χ0v) is 7.09. The Balaban J connectivity index is 3.36. The van der Waals surface area contributed by atoms with Gasteiger partial charge in [-0.25, -0.2) is 13.8 Å². The van der Waals surface area contributed by atoms with Crippen LogP contribution in [-0.2, 0) is 0 Å². The van der Waals surface area contributed by atoms with Crippen LogP contribution in [-0.4, -0.2) is 12.1 Å². The van der Waals surface area contributed by atoms with Crippen molar-refractivity contribution < 1.29 is 17.9 Å². The average Bonchev–Trinajstić information content (AvgIpc) is 2.15. The highest BCUT2D eigenvalue weighted by molar-refractivity contribution is 5.38. The van der Waals surface area contributed by atoms with Crippen molar-refractivity contribution in [2.75, 3.05) is 7.11 Å². The molecule has 0 unspecified atom stereocenters. The standard InChI is InChI=1S/C8H5F3N2O/c1-14-5-2-4(3-12)13-8(11)6(5)7(9)10/h2,7H,1H3. The number of methoxy groups -OCH3 is 1. The van der Waals surface area contributed by atoms with E-state index in [1.807, 2.05) is 0 Å². The summed E-state index contributed by atoms with van der Waals surface area (Å²) in [4.78, 5) is 3.03. The Morgan fingerprint density at radius 1 is 1.57 bits per heavy atom. The lowest BCUT2D eigenvalue weighted by Crippen LogP contribution is -2.01. The van der Waals surface area contributed by atoms with Gasteiger partial charge in [-0.2, -0.15) is 9.65 Å². The van der Waals surface area contributed by atoms with Gasteiger partial charge >= 0.3 is 0 Å². The first-order valence-corrected chi connectivity index (χ1v) is 3.52. The summed E-state index contributed by atoms with van der Waals surface area (Å²) in [7, 11) is 1.11. The Kier molecular flexibility index (Phi) is 2.92. The van der Waals surface area contributed by atoms with Crippen molar-refractivity contribution in [1.29, 1.82) is 5.26 Å². The van der Waals surface area contributed by atoms with Crippen LogP contribution in [0.2, 0.25) is 0 Å². The minimum Gasteiger partial charge on any atom is -0.496 e. The molecule has 0 aromatic carbocycles. The molecule has 1 aromatic rings. The first kappa shape index (κ1) is 10.3. The van der Waals surface area contributed by atoms with Crippen LogP contribution < -0.4 is 4.74 Å². The van der Waals surface area contributed by atoms with Gasteiger partial charge in [0.1, 0.15) is 23.1 Å². The van der Waals surface area contributed by atoms with Gasteiger partial charge in [-0.15, -0.1) is 0 Å². The highest BCUT2D eigenvalue weighted by Gasteiger charge is 2.21. The van der Waals surface area contributed by atoms with E-state index in [1.165, 1.54) is 6.07 Å². The number of aromatic nitrogens is 1. The quantitative estimate of drug-likeness (QED) is 0.689. The van der Waals surface area contributed by atoms with Crippen molar-refractivity contribution in [3.8, 4) is 11.8 Å². The second-order valence-corrected chi connectivity index (χ2v) is 2.33. The number of nitrogens with zero attached hydrogens (tertiary/aromatic N) is 2. The van der Waals surface area contributed by atoms with Crippen molar-refractivity contribution in [3.05, 3.63) is 23.3 Å². The second-order valence-electron chi connectivity index (χ2n) is 2.33. The SMILES string of the molecule is COc1cc(C#N)nc(F)c1C(F)F. The summed E-state index contributed by atoms with van der Waals surface area (Å²) in [5.74, 6) is -1.75. The first-order valence-electron chi connectivity index (χ1n) is 3.52. The van der Waals surface area contributed by atoms with E-state index in [2.05, 4.69) is 9.72 Å². The Morgan fingerprint density at radius 2 is 2.21 bits per heavy atom.